The lowest BCUT2D eigenvalue weighted by Gasteiger charge is -2.32. The van der Waals surface area contributed by atoms with Gasteiger partial charge in [-0.25, -0.2) is 4.98 Å². The maximum atomic E-state index is 12.9. The van der Waals surface area contributed by atoms with Crippen LogP contribution in [0, 0.1) is 5.92 Å². The number of nitrogens with zero attached hydrogens (tertiary/aromatic N) is 2. The zero-order valence-electron chi connectivity index (χ0n) is 20.0. The molecule has 0 atom stereocenters. The summed E-state index contributed by atoms with van der Waals surface area (Å²) in [7, 11) is 1.57. The molecule has 2 aromatic carbocycles. The Balaban J connectivity index is 1.18. The molecule has 0 bridgehead atoms. The quantitative estimate of drug-likeness (QED) is 0.541. The van der Waals surface area contributed by atoms with E-state index in [0.29, 0.717) is 79.1 Å². The lowest BCUT2D eigenvalue weighted by molar-refractivity contribution is -0.120. The topological polar surface area (TPSA) is 102 Å². The number of fused-ring (bicyclic) bond motifs is 1. The van der Waals surface area contributed by atoms with Gasteiger partial charge in [-0.05, 0) is 49.2 Å². The summed E-state index contributed by atoms with van der Waals surface area (Å²) in [6.45, 7) is 2.37. The number of ether oxygens (including phenoxy) is 3. The van der Waals surface area contributed by atoms with Gasteiger partial charge in [0.2, 0.25) is 5.91 Å². The molecular weight excluding hydrogens is 460 g/mol. The normalized spacial score (nSPS) is 15.2. The highest BCUT2D eigenvalue weighted by molar-refractivity contribution is 6.05. The Bertz CT molecular complexity index is 1260. The average Bonchev–Trinajstić information content (AvgIpc) is 2.93. The third-order valence-corrected chi connectivity index (χ3v) is 6.36. The molecular formula is C27H28N4O5. The minimum atomic E-state index is -0.239. The summed E-state index contributed by atoms with van der Waals surface area (Å²) in [6, 6.07) is 16.2. The molecule has 1 saturated heterocycles. The van der Waals surface area contributed by atoms with E-state index in [4.69, 9.17) is 14.2 Å². The lowest BCUT2D eigenvalue weighted by Crippen LogP contribution is -2.38. The molecule has 1 aromatic heterocycles. The minimum Gasteiger partial charge on any atom is -0.495 e. The third-order valence-electron chi connectivity index (χ3n) is 6.36. The van der Waals surface area contributed by atoms with Gasteiger partial charge in [-0.3, -0.25) is 9.59 Å². The van der Waals surface area contributed by atoms with Crippen LogP contribution in [0.2, 0.25) is 0 Å². The second kappa shape index (κ2) is 10.6. The highest BCUT2D eigenvalue weighted by Gasteiger charge is 2.26. The average molecular weight is 489 g/mol. The predicted octanol–water partition coefficient (Wildman–Crippen LogP) is 3.97. The van der Waals surface area contributed by atoms with Crippen molar-refractivity contribution < 1.29 is 23.8 Å². The fourth-order valence-corrected chi connectivity index (χ4v) is 4.41. The van der Waals surface area contributed by atoms with E-state index in [-0.39, 0.29) is 17.7 Å². The van der Waals surface area contributed by atoms with Gasteiger partial charge >= 0.3 is 0 Å². The van der Waals surface area contributed by atoms with Gasteiger partial charge in [0, 0.05) is 42.5 Å². The van der Waals surface area contributed by atoms with E-state index in [0.717, 1.165) is 0 Å². The number of hydrogen-bond acceptors (Lipinski definition) is 7. The van der Waals surface area contributed by atoms with Crippen LogP contribution in [-0.2, 0) is 4.79 Å². The number of methoxy groups -OCH3 is 1. The molecule has 2 amide bonds. The van der Waals surface area contributed by atoms with Crippen LogP contribution in [0.4, 0.5) is 17.2 Å². The molecule has 1 fully saturated rings. The van der Waals surface area contributed by atoms with E-state index in [1.54, 1.807) is 43.6 Å². The van der Waals surface area contributed by atoms with Gasteiger partial charge < -0.3 is 29.7 Å². The first-order chi connectivity index (χ1) is 17.6. The van der Waals surface area contributed by atoms with Crippen molar-refractivity contribution in [3.63, 3.8) is 0 Å². The van der Waals surface area contributed by atoms with Gasteiger partial charge in [0.1, 0.15) is 24.8 Å². The van der Waals surface area contributed by atoms with Crippen molar-refractivity contribution in [2.75, 3.05) is 48.9 Å². The molecule has 9 nitrogen and oxygen atoms in total. The van der Waals surface area contributed by atoms with Gasteiger partial charge in [-0.15, -0.1) is 0 Å². The fraction of sp³-hybridized carbons (Fsp3) is 0.296. The maximum absolute atomic E-state index is 12.9. The summed E-state index contributed by atoms with van der Waals surface area (Å²) in [4.78, 5) is 32.3. The second-order valence-corrected chi connectivity index (χ2v) is 8.67. The van der Waals surface area contributed by atoms with Gasteiger partial charge in [-0.2, -0.15) is 0 Å². The number of para-hydroxylation sites is 2. The monoisotopic (exact) mass is 488 g/mol. The van der Waals surface area contributed by atoms with Gasteiger partial charge in [0.25, 0.3) is 5.91 Å². The van der Waals surface area contributed by atoms with Crippen molar-refractivity contribution in [3.8, 4) is 17.2 Å². The standard InChI is InChI=1S/C27H28N4O5/c1-34-22-5-3-2-4-21(22)30-27(33)19-8-11-28-25(16-19)31-12-9-18(10-13-31)26(32)29-20-6-7-23-24(17-20)36-15-14-35-23/h2-8,11,16-18H,9-10,12-15H2,1H3,(H,29,32)(H,30,33). The highest BCUT2D eigenvalue weighted by atomic mass is 16.6. The third kappa shape index (κ3) is 5.19. The number of rotatable bonds is 6. The van der Waals surface area contributed by atoms with Crippen molar-refractivity contribution in [1.82, 2.24) is 4.98 Å². The summed E-state index contributed by atoms with van der Waals surface area (Å²) < 4.78 is 16.5. The number of piperidine rings is 1. The van der Waals surface area contributed by atoms with E-state index >= 15 is 0 Å². The van der Waals surface area contributed by atoms with Crippen LogP contribution >= 0.6 is 0 Å². The Labute approximate surface area is 209 Å². The molecule has 36 heavy (non-hydrogen) atoms. The van der Waals surface area contributed by atoms with Crippen LogP contribution in [0.1, 0.15) is 23.2 Å². The molecule has 0 spiro atoms. The number of carbonyl (C=O) groups is 2. The Morgan fingerprint density at radius 2 is 1.75 bits per heavy atom. The summed E-state index contributed by atoms with van der Waals surface area (Å²) >= 11 is 0. The van der Waals surface area contributed by atoms with Crippen LogP contribution in [0.15, 0.2) is 60.8 Å². The van der Waals surface area contributed by atoms with Crippen molar-refractivity contribution in [2.45, 2.75) is 12.8 Å². The number of aromatic nitrogens is 1. The molecule has 186 valence electrons. The molecule has 2 aliphatic rings. The summed E-state index contributed by atoms with van der Waals surface area (Å²) in [5, 5.41) is 5.89. The molecule has 0 unspecified atom stereocenters. The van der Waals surface area contributed by atoms with E-state index in [1.807, 2.05) is 24.3 Å². The molecule has 5 rings (SSSR count). The van der Waals surface area contributed by atoms with E-state index in [9.17, 15) is 9.59 Å². The largest absolute Gasteiger partial charge is 0.495 e. The Kier molecular flexibility index (Phi) is 6.88. The molecule has 2 N–H and O–H groups in total. The number of carbonyl (C=O) groups excluding carboxylic acids is 2. The minimum absolute atomic E-state index is 0.00998. The zero-order chi connectivity index (χ0) is 24.9. The zero-order valence-corrected chi connectivity index (χ0v) is 20.0. The number of anilines is 3. The summed E-state index contributed by atoms with van der Waals surface area (Å²) in [6.07, 6.45) is 3.01. The Morgan fingerprint density at radius 3 is 2.56 bits per heavy atom. The molecule has 3 heterocycles. The van der Waals surface area contributed by atoms with E-state index in [1.165, 1.54) is 0 Å². The van der Waals surface area contributed by atoms with Gasteiger partial charge in [-0.1, -0.05) is 12.1 Å². The Hall–Kier alpha value is -4.27. The summed E-state index contributed by atoms with van der Waals surface area (Å²) in [5.41, 5.74) is 1.81. The lowest BCUT2D eigenvalue weighted by atomic mass is 9.95. The molecule has 3 aromatic rings. The first kappa shape index (κ1) is 23.5. The van der Waals surface area contributed by atoms with Crippen LogP contribution < -0.4 is 29.7 Å². The smallest absolute Gasteiger partial charge is 0.255 e. The number of amides is 2. The highest BCUT2D eigenvalue weighted by Crippen LogP contribution is 2.33. The first-order valence-corrected chi connectivity index (χ1v) is 12.0. The van der Waals surface area contributed by atoms with Crippen LogP contribution in [0.25, 0.3) is 0 Å². The van der Waals surface area contributed by atoms with Crippen molar-refractivity contribution in [2.24, 2.45) is 5.92 Å². The SMILES string of the molecule is COc1ccccc1NC(=O)c1ccnc(N2CCC(C(=O)Nc3ccc4c(c3)OCCO4)CC2)c1. The van der Waals surface area contributed by atoms with E-state index < -0.39 is 0 Å². The predicted molar refractivity (Wildman–Crippen MR) is 136 cm³/mol. The number of nitrogens with one attached hydrogen (secondary N) is 2. The van der Waals surface area contributed by atoms with Crippen LogP contribution in [0.5, 0.6) is 17.2 Å². The second-order valence-electron chi connectivity index (χ2n) is 8.67. The fourth-order valence-electron chi connectivity index (χ4n) is 4.41. The van der Waals surface area contributed by atoms with Gasteiger partial charge in [0.05, 0.1) is 12.8 Å². The first-order valence-electron chi connectivity index (χ1n) is 12.0. The number of hydrogen-bond donors (Lipinski definition) is 2. The van der Waals surface area contributed by atoms with Crippen molar-refractivity contribution in [1.29, 1.82) is 0 Å². The molecule has 0 radical (unpaired) electrons. The molecule has 2 aliphatic heterocycles. The van der Waals surface area contributed by atoms with E-state index in [2.05, 4.69) is 20.5 Å². The molecule has 0 aliphatic carbocycles. The van der Waals surface area contributed by atoms with Crippen LogP contribution in [0.3, 0.4) is 0 Å². The van der Waals surface area contributed by atoms with Crippen LogP contribution in [-0.4, -0.2) is 50.2 Å². The molecule has 0 saturated carbocycles. The van der Waals surface area contributed by atoms with Crippen molar-refractivity contribution >= 4 is 29.0 Å². The number of benzene rings is 2. The maximum Gasteiger partial charge on any atom is 0.255 e. The van der Waals surface area contributed by atoms with Gasteiger partial charge in [0.15, 0.2) is 11.5 Å². The Morgan fingerprint density at radius 1 is 0.972 bits per heavy atom. The molecule has 9 heteroatoms. The van der Waals surface area contributed by atoms with Crippen molar-refractivity contribution in [3.05, 3.63) is 66.4 Å². The summed E-state index contributed by atoms with van der Waals surface area (Å²) in [5.74, 6) is 2.30. The number of pyridine rings is 1.